The van der Waals surface area contributed by atoms with Crippen LogP contribution >= 0.6 is 0 Å². The average Bonchev–Trinajstić information content (AvgIpc) is 3.92. The van der Waals surface area contributed by atoms with E-state index in [1.165, 1.54) is 99.7 Å². The van der Waals surface area contributed by atoms with E-state index >= 15 is 0 Å². The lowest BCUT2D eigenvalue weighted by atomic mass is 9.82. The Balaban J connectivity index is 0.867. The van der Waals surface area contributed by atoms with Crippen molar-refractivity contribution in [1.82, 2.24) is 4.57 Å². The summed E-state index contributed by atoms with van der Waals surface area (Å²) in [5.74, 6) is 0. The van der Waals surface area contributed by atoms with Crippen LogP contribution in [0.2, 0.25) is 0 Å². The number of hydrogen-bond donors (Lipinski definition) is 0. The predicted molar refractivity (Wildman–Crippen MR) is 287 cm³/mol. The topological polar surface area (TPSA) is 8.17 Å². The molecule has 68 heavy (non-hydrogen) atoms. The van der Waals surface area contributed by atoms with E-state index in [0.29, 0.717) is 0 Å². The molecule has 13 rings (SSSR count). The van der Waals surface area contributed by atoms with Gasteiger partial charge in [0.2, 0.25) is 0 Å². The standard InChI is InChI=1S/C66H50N2/c1-65(2)59-25-11-8-22-53(59)55-37-36-52(40-61(55)65)67(49-32-28-44(29-33-49)43-16-6-5-7-17-43)51-21-15-20-48(39-51)47-19-14-18-46(38-47)45-30-34-50(35-31-45)68-63-27-13-10-24-56(63)58-41-57-54-23-9-12-26-60(54)66(3,4)62(57)42-64(58)68/h5-42H,1-4H3. The molecule has 0 aliphatic heterocycles. The number of rotatable bonds is 7. The fourth-order valence-corrected chi connectivity index (χ4v) is 11.7. The predicted octanol–water partition coefficient (Wildman–Crippen LogP) is 17.9. The molecule has 2 aliphatic rings. The van der Waals surface area contributed by atoms with Crippen LogP contribution in [-0.2, 0) is 10.8 Å². The van der Waals surface area contributed by atoms with Gasteiger partial charge in [-0.05, 0) is 151 Å². The second-order valence-corrected chi connectivity index (χ2v) is 19.8. The van der Waals surface area contributed by atoms with Crippen molar-refractivity contribution in [3.63, 3.8) is 0 Å². The number of para-hydroxylation sites is 1. The van der Waals surface area contributed by atoms with E-state index in [0.717, 1.165) is 22.7 Å². The van der Waals surface area contributed by atoms with Crippen molar-refractivity contribution in [1.29, 1.82) is 0 Å². The highest BCUT2D eigenvalue weighted by Gasteiger charge is 2.37. The highest BCUT2D eigenvalue weighted by molar-refractivity contribution is 6.11. The second-order valence-electron chi connectivity index (χ2n) is 19.8. The summed E-state index contributed by atoms with van der Waals surface area (Å²) < 4.78 is 2.46. The summed E-state index contributed by atoms with van der Waals surface area (Å²) in [6, 6.07) is 85.4. The lowest BCUT2D eigenvalue weighted by molar-refractivity contribution is 0.660. The van der Waals surface area contributed by atoms with E-state index in [1.807, 2.05) is 0 Å². The van der Waals surface area contributed by atoms with Crippen LogP contribution in [0.5, 0.6) is 0 Å². The molecule has 324 valence electrons. The summed E-state index contributed by atoms with van der Waals surface area (Å²) in [5, 5.41) is 2.57. The summed E-state index contributed by atoms with van der Waals surface area (Å²) in [7, 11) is 0. The first-order valence-electron chi connectivity index (χ1n) is 23.9. The van der Waals surface area contributed by atoms with Crippen LogP contribution in [0.15, 0.2) is 231 Å². The lowest BCUT2D eigenvalue weighted by Crippen LogP contribution is -2.16. The molecular weight excluding hydrogens is 821 g/mol. The van der Waals surface area contributed by atoms with Gasteiger partial charge in [0.25, 0.3) is 0 Å². The zero-order valence-corrected chi connectivity index (χ0v) is 38.8. The van der Waals surface area contributed by atoms with Crippen molar-refractivity contribution in [2.45, 2.75) is 38.5 Å². The summed E-state index contributed by atoms with van der Waals surface area (Å²) >= 11 is 0. The SMILES string of the molecule is CC1(C)c2ccccc2-c2ccc(N(c3ccc(-c4ccccc4)cc3)c3cccc(-c4cccc(-c5ccc(-n6c7ccccc7c7cc8c(cc76)C(C)(C)c6ccccc6-8)cc5)c4)c3)cc21. The maximum Gasteiger partial charge on any atom is 0.0544 e. The fraction of sp³-hybridized carbons (Fsp3) is 0.0909. The number of anilines is 3. The van der Waals surface area contributed by atoms with E-state index < -0.39 is 0 Å². The minimum absolute atomic E-state index is 0.0752. The van der Waals surface area contributed by atoms with Gasteiger partial charge in [0, 0.05) is 44.4 Å². The van der Waals surface area contributed by atoms with Gasteiger partial charge in [-0.3, -0.25) is 0 Å². The van der Waals surface area contributed by atoms with E-state index in [-0.39, 0.29) is 10.8 Å². The maximum atomic E-state index is 2.46. The lowest BCUT2D eigenvalue weighted by Gasteiger charge is -2.28. The van der Waals surface area contributed by atoms with Crippen LogP contribution < -0.4 is 4.90 Å². The smallest absolute Gasteiger partial charge is 0.0544 e. The first kappa shape index (κ1) is 40.1. The highest BCUT2D eigenvalue weighted by atomic mass is 15.1. The van der Waals surface area contributed by atoms with Crippen LogP contribution in [0, 0.1) is 0 Å². The van der Waals surface area contributed by atoms with E-state index in [1.54, 1.807) is 0 Å². The third-order valence-electron chi connectivity index (χ3n) is 15.2. The normalized spacial score (nSPS) is 13.8. The molecule has 0 radical (unpaired) electrons. The number of fused-ring (bicyclic) bond motifs is 9. The summed E-state index contributed by atoms with van der Waals surface area (Å²) in [6.07, 6.45) is 0. The Morgan fingerprint density at radius 1 is 0.294 bits per heavy atom. The summed E-state index contributed by atoms with van der Waals surface area (Å²) in [4.78, 5) is 2.42. The molecule has 11 aromatic rings. The minimum atomic E-state index is -0.112. The molecule has 10 aromatic carbocycles. The quantitative estimate of drug-likeness (QED) is 0.155. The van der Waals surface area contributed by atoms with Gasteiger partial charge >= 0.3 is 0 Å². The number of hydrogen-bond acceptors (Lipinski definition) is 1. The summed E-state index contributed by atoms with van der Waals surface area (Å²) in [6.45, 7) is 9.45. The Morgan fingerprint density at radius 2 is 0.794 bits per heavy atom. The van der Waals surface area contributed by atoms with Gasteiger partial charge in [0.05, 0.1) is 11.0 Å². The molecule has 1 heterocycles. The van der Waals surface area contributed by atoms with Crippen molar-refractivity contribution in [2.24, 2.45) is 0 Å². The zero-order chi connectivity index (χ0) is 45.7. The Morgan fingerprint density at radius 3 is 1.53 bits per heavy atom. The van der Waals surface area contributed by atoms with Gasteiger partial charge in [-0.1, -0.05) is 185 Å². The molecule has 2 nitrogen and oxygen atoms in total. The van der Waals surface area contributed by atoms with Crippen LogP contribution in [0.4, 0.5) is 17.1 Å². The molecule has 0 amide bonds. The van der Waals surface area contributed by atoms with Crippen molar-refractivity contribution >= 4 is 38.9 Å². The molecule has 1 aromatic heterocycles. The Bertz CT molecular complexity index is 3770. The van der Waals surface area contributed by atoms with Crippen LogP contribution in [0.25, 0.3) is 83.1 Å². The van der Waals surface area contributed by atoms with Gasteiger partial charge < -0.3 is 9.47 Å². The third-order valence-corrected chi connectivity index (χ3v) is 15.2. The number of benzene rings is 10. The molecule has 0 N–H and O–H groups in total. The average molecular weight is 871 g/mol. The molecule has 2 heteroatoms. The monoisotopic (exact) mass is 870 g/mol. The first-order valence-corrected chi connectivity index (χ1v) is 23.9. The molecule has 0 fully saturated rings. The summed E-state index contributed by atoms with van der Waals surface area (Å²) in [5.41, 5.74) is 24.8. The Labute approximate surface area is 399 Å². The Kier molecular flexibility index (Phi) is 8.95. The van der Waals surface area contributed by atoms with E-state index in [2.05, 4.69) is 268 Å². The van der Waals surface area contributed by atoms with Gasteiger partial charge in [-0.2, -0.15) is 0 Å². The molecule has 0 atom stereocenters. The van der Waals surface area contributed by atoms with Crippen molar-refractivity contribution in [3.05, 3.63) is 253 Å². The van der Waals surface area contributed by atoms with Crippen molar-refractivity contribution < 1.29 is 0 Å². The van der Waals surface area contributed by atoms with Crippen LogP contribution in [0.1, 0.15) is 49.9 Å². The largest absolute Gasteiger partial charge is 0.310 e. The maximum absolute atomic E-state index is 2.46. The van der Waals surface area contributed by atoms with Crippen LogP contribution in [0.3, 0.4) is 0 Å². The Hall–Kier alpha value is -8.20. The van der Waals surface area contributed by atoms with E-state index in [4.69, 9.17) is 0 Å². The van der Waals surface area contributed by atoms with Gasteiger partial charge in [-0.15, -0.1) is 0 Å². The second kappa shape index (κ2) is 15.2. The molecular formula is C66H50N2. The van der Waals surface area contributed by atoms with Crippen LogP contribution in [-0.4, -0.2) is 4.57 Å². The molecule has 0 saturated carbocycles. The molecule has 2 aliphatic carbocycles. The van der Waals surface area contributed by atoms with Gasteiger partial charge in [0.15, 0.2) is 0 Å². The number of nitrogens with zero attached hydrogens (tertiary/aromatic N) is 2. The fourth-order valence-electron chi connectivity index (χ4n) is 11.7. The molecule has 0 bridgehead atoms. The van der Waals surface area contributed by atoms with Gasteiger partial charge in [0.1, 0.15) is 0 Å². The van der Waals surface area contributed by atoms with E-state index in [9.17, 15) is 0 Å². The van der Waals surface area contributed by atoms with Crippen molar-refractivity contribution in [3.8, 4) is 61.3 Å². The first-order chi connectivity index (χ1) is 33.2. The third kappa shape index (κ3) is 6.17. The number of aromatic nitrogens is 1. The van der Waals surface area contributed by atoms with Gasteiger partial charge in [-0.25, -0.2) is 0 Å². The molecule has 0 unspecified atom stereocenters. The molecule has 0 saturated heterocycles. The highest BCUT2D eigenvalue weighted by Crippen LogP contribution is 2.52. The van der Waals surface area contributed by atoms with Crippen molar-refractivity contribution in [2.75, 3.05) is 4.90 Å². The molecule has 0 spiro atoms. The zero-order valence-electron chi connectivity index (χ0n) is 38.8. The minimum Gasteiger partial charge on any atom is -0.310 e.